The quantitative estimate of drug-likeness (QED) is 0.299. The van der Waals surface area contributed by atoms with Gasteiger partial charge < -0.3 is 0 Å². The molecule has 3 aliphatic rings. The van der Waals surface area contributed by atoms with E-state index >= 15 is 0 Å². The smallest absolute Gasteiger partial charge is 0.272 e. The van der Waals surface area contributed by atoms with Crippen LogP contribution in [0.15, 0.2) is 60.7 Å². The number of hydrazine groups is 1. The molecule has 162 valence electrons. The SMILES string of the molecule is O=C(c1ccccc1Cl)N(Cc1ccc([N+](=O)[O-])cc1)N1C(=O)[C@@H]2[C@@H](C1=O)[C@H]1C=C[C@H]2C1. The Morgan fingerprint density at radius 2 is 1.62 bits per heavy atom. The number of nitro groups is 1. The number of benzene rings is 2. The van der Waals surface area contributed by atoms with E-state index in [2.05, 4.69) is 0 Å². The van der Waals surface area contributed by atoms with Gasteiger partial charge >= 0.3 is 0 Å². The van der Waals surface area contributed by atoms with Crippen LogP contribution in [-0.2, 0) is 16.1 Å². The highest BCUT2D eigenvalue weighted by Crippen LogP contribution is 2.53. The summed E-state index contributed by atoms with van der Waals surface area (Å²) in [4.78, 5) is 50.6. The number of amides is 3. The van der Waals surface area contributed by atoms with E-state index in [1.54, 1.807) is 18.2 Å². The number of allylic oxidation sites excluding steroid dienone is 2. The zero-order valence-electron chi connectivity index (χ0n) is 16.8. The van der Waals surface area contributed by atoms with Crippen LogP contribution < -0.4 is 0 Å². The molecule has 8 nitrogen and oxygen atoms in total. The van der Waals surface area contributed by atoms with Crippen molar-refractivity contribution in [3.63, 3.8) is 0 Å². The Labute approximate surface area is 188 Å². The van der Waals surface area contributed by atoms with Crippen LogP contribution in [0.3, 0.4) is 0 Å². The first kappa shape index (κ1) is 20.4. The zero-order valence-corrected chi connectivity index (χ0v) is 17.5. The summed E-state index contributed by atoms with van der Waals surface area (Å²) in [5.41, 5.74) is 0.604. The lowest BCUT2D eigenvalue weighted by Gasteiger charge is -2.31. The predicted octanol–water partition coefficient (Wildman–Crippen LogP) is 3.61. The molecule has 0 unspecified atom stereocenters. The molecule has 3 amide bonds. The molecule has 1 saturated carbocycles. The third kappa shape index (κ3) is 3.10. The fourth-order valence-corrected chi connectivity index (χ4v) is 5.24. The van der Waals surface area contributed by atoms with Crippen molar-refractivity contribution < 1.29 is 19.3 Å². The highest BCUT2D eigenvalue weighted by atomic mass is 35.5. The normalized spacial score (nSPS) is 25.3. The molecule has 0 radical (unpaired) electrons. The summed E-state index contributed by atoms with van der Waals surface area (Å²) in [6, 6.07) is 12.1. The second kappa shape index (κ2) is 7.56. The highest BCUT2D eigenvalue weighted by Gasteiger charge is 2.61. The van der Waals surface area contributed by atoms with Crippen molar-refractivity contribution in [2.24, 2.45) is 23.7 Å². The molecule has 1 saturated heterocycles. The first-order valence-corrected chi connectivity index (χ1v) is 10.6. The Balaban J connectivity index is 1.52. The van der Waals surface area contributed by atoms with Gasteiger partial charge in [0.05, 0.1) is 33.9 Å². The van der Waals surface area contributed by atoms with Gasteiger partial charge in [-0.05, 0) is 36.0 Å². The first-order chi connectivity index (χ1) is 15.4. The van der Waals surface area contributed by atoms with Gasteiger partial charge in [-0.25, -0.2) is 5.01 Å². The molecule has 2 bridgehead atoms. The molecule has 1 heterocycles. The second-order valence-electron chi connectivity index (χ2n) is 8.25. The predicted molar refractivity (Wildman–Crippen MR) is 114 cm³/mol. The van der Waals surface area contributed by atoms with E-state index in [1.165, 1.54) is 30.3 Å². The first-order valence-electron chi connectivity index (χ1n) is 10.2. The van der Waals surface area contributed by atoms with E-state index < -0.39 is 22.7 Å². The summed E-state index contributed by atoms with van der Waals surface area (Å²) in [7, 11) is 0. The van der Waals surface area contributed by atoms with Crippen molar-refractivity contribution in [2.75, 3.05) is 0 Å². The Morgan fingerprint density at radius 1 is 1.03 bits per heavy atom. The molecule has 2 fully saturated rings. The number of rotatable bonds is 5. The number of carbonyl (C=O) groups excluding carboxylic acids is 3. The third-order valence-corrected chi connectivity index (χ3v) is 6.84. The van der Waals surface area contributed by atoms with Gasteiger partial charge in [0.1, 0.15) is 0 Å². The lowest BCUT2D eigenvalue weighted by Crippen LogP contribution is -2.50. The molecule has 4 atom stereocenters. The standard InChI is InChI=1S/C23H18ClN3O5/c24-18-4-2-1-3-17(18)21(28)25(12-13-5-9-16(10-6-13)27(31)32)26-22(29)19-14-7-8-15(11-14)20(19)23(26)30/h1-10,14-15,19-20H,11-12H2/t14-,15-,19-,20-/m0/s1. The maximum absolute atomic E-state index is 13.5. The minimum atomic E-state index is -0.587. The highest BCUT2D eigenvalue weighted by molar-refractivity contribution is 6.33. The molecule has 0 spiro atoms. The number of fused-ring (bicyclic) bond motifs is 5. The lowest BCUT2D eigenvalue weighted by molar-refractivity contribution is -0.384. The van der Waals surface area contributed by atoms with Gasteiger partial charge in [0.25, 0.3) is 23.4 Å². The van der Waals surface area contributed by atoms with E-state index in [0.29, 0.717) is 5.56 Å². The van der Waals surface area contributed by atoms with Gasteiger partial charge in [-0.3, -0.25) is 24.5 Å². The van der Waals surface area contributed by atoms with Crippen molar-refractivity contribution in [3.05, 3.63) is 86.9 Å². The van der Waals surface area contributed by atoms with Crippen LogP contribution in [0.4, 0.5) is 5.69 Å². The average molecular weight is 452 g/mol. The topological polar surface area (TPSA) is 101 Å². The van der Waals surface area contributed by atoms with Crippen molar-refractivity contribution in [2.45, 2.75) is 13.0 Å². The molecule has 0 aromatic heterocycles. The fraction of sp³-hybridized carbons (Fsp3) is 0.261. The van der Waals surface area contributed by atoms with E-state index in [1.807, 2.05) is 12.2 Å². The van der Waals surface area contributed by atoms with Crippen molar-refractivity contribution >= 4 is 35.0 Å². The van der Waals surface area contributed by atoms with Gasteiger partial charge in [-0.15, -0.1) is 0 Å². The van der Waals surface area contributed by atoms with Gasteiger partial charge in [0.2, 0.25) is 0 Å². The van der Waals surface area contributed by atoms with E-state index in [9.17, 15) is 24.5 Å². The van der Waals surface area contributed by atoms with E-state index in [0.717, 1.165) is 16.4 Å². The van der Waals surface area contributed by atoms with Crippen LogP contribution in [0, 0.1) is 33.8 Å². The van der Waals surface area contributed by atoms with Crippen LogP contribution in [0.5, 0.6) is 0 Å². The van der Waals surface area contributed by atoms with Crippen LogP contribution in [0.25, 0.3) is 0 Å². The molecule has 9 heteroatoms. The molecule has 0 N–H and O–H groups in total. The number of carbonyl (C=O) groups is 3. The summed E-state index contributed by atoms with van der Waals surface area (Å²) in [6.07, 6.45) is 4.75. The minimum absolute atomic E-state index is 0.00286. The van der Waals surface area contributed by atoms with Crippen LogP contribution in [-0.4, -0.2) is 32.7 Å². The molecular weight excluding hydrogens is 434 g/mol. The largest absolute Gasteiger partial charge is 0.274 e. The monoisotopic (exact) mass is 451 g/mol. The maximum atomic E-state index is 13.5. The second-order valence-corrected chi connectivity index (χ2v) is 8.66. The number of hydrogen-bond acceptors (Lipinski definition) is 5. The van der Waals surface area contributed by atoms with Gasteiger partial charge in [-0.1, -0.05) is 48.0 Å². The number of imide groups is 1. The Kier molecular flexibility index (Phi) is 4.82. The van der Waals surface area contributed by atoms with E-state index in [4.69, 9.17) is 11.6 Å². The fourth-order valence-electron chi connectivity index (χ4n) is 5.03. The molecule has 2 aliphatic carbocycles. The van der Waals surface area contributed by atoms with Crippen molar-refractivity contribution in [1.29, 1.82) is 0 Å². The Morgan fingerprint density at radius 3 is 2.19 bits per heavy atom. The summed E-state index contributed by atoms with van der Waals surface area (Å²) >= 11 is 6.23. The molecular formula is C23H18ClN3O5. The molecule has 2 aromatic rings. The van der Waals surface area contributed by atoms with Gasteiger partial charge in [0, 0.05) is 12.1 Å². The Bertz CT molecular complexity index is 1150. The number of halogens is 1. The summed E-state index contributed by atoms with van der Waals surface area (Å²) < 4.78 is 0. The average Bonchev–Trinajstić information content (AvgIpc) is 3.46. The van der Waals surface area contributed by atoms with Crippen molar-refractivity contribution in [1.82, 2.24) is 10.0 Å². The summed E-state index contributed by atoms with van der Waals surface area (Å²) in [5, 5.41) is 13.2. The number of non-ortho nitro benzene ring substituents is 1. The Hall–Kier alpha value is -3.52. The van der Waals surface area contributed by atoms with E-state index in [-0.39, 0.29) is 46.5 Å². The maximum Gasteiger partial charge on any atom is 0.274 e. The number of nitro benzene ring substituents is 1. The lowest BCUT2D eigenvalue weighted by atomic mass is 9.85. The molecule has 1 aliphatic heterocycles. The molecule has 32 heavy (non-hydrogen) atoms. The van der Waals surface area contributed by atoms with Gasteiger partial charge in [-0.2, -0.15) is 5.01 Å². The number of nitrogens with zero attached hydrogens (tertiary/aromatic N) is 3. The summed E-state index contributed by atoms with van der Waals surface area (Å²) in [5.74, 6) is -2.28. The van der Waals surface area contributed by atoms with Crippen LogP contribution in [0.2, 0.25) is 5.02 Å². The number of hydrogen-bond donors (Lipinski definition) is 0. The van der Waals surface area contributed by atoms with Gasteiger partial charge in [0.15, 0.2) is 0 Å². The zero-order chi connectivity index (χ0) is 22.6. The molecule has 5 rings (SSSR count). The minimum Gasteiger partial charge on any atom is -0.272 e. The summed E-state index contributed by atoms with van der Waals surface area (Å²) in [6.45, 7) is -0.109. The van der Waals surface area contributed by atoms with Crippen LogP contribution >= 0.6 is 11.6 Å². The third-order valence-electron chi connectivity index (χ3n) is 6.51. The molecule has 2 aromatic carbocycles. The van der Waals surface area contributed by atoms with Crippen molar-refractivity contribution in [3.8, 4) is 0 Å². The van der Waals surface area contributed by atoms with Crippen LogP contribution in [0.1, 0.15) is 22.3 Å².